The van der Waals surface area contributed by atoms with E-state index in [0.29, 0.717) is 35.8 Å². The molecule has 0 bridgehead atoms. The number of rotatable bonds is 10. The molecule has 1 unspecified atom stereocenters. The van der Waals surface area contributed by atoms with Crippen molar-refractivity contribution in [3.8, 4) is 11.4 Å². The average molecular weight is 504 g/mol. The number of hydrogen-bond donors (Lipinski definition) is 4. The Hall–Kier alpha value is -2.50. The SMILES string of the molecule is Nc1nc(SCCCCNC(=O)CC(O)CO)nc(-c2c(Cl)cc3c4c(cccc24)COC3)n1. The molecule has 2 heterocycles. The van der Waals surface area contributed by atoms with Gasteiger partial charge in [-0.3, -0.25) is 4.79 Å². The summed E-state index contributed by atoms with van der Waals surface area (Å²) in [5.41, 5.74) is 8.87. The number of thioether (sulfide) groups is 1. The zero-order valence-corrected chi connectivity index (χ0v) is 20.0. The predicted molar refractivity (Wildman–Crippen MR) is 131 cm³/mol. The first-order valence-electron chi connectivity index (χ1n) is 11.0. The van der Waals surface area contributed by atoms with Crippen molar-refractivity contribution < 1.29 is 19.7 Å². The maximum absolute atomic E-state index is 11.6. The Kier molecular flexibility index (Phi) is 8.17. The summed E-state index contributed by atoms with van der Waals surface area (Å²) < 4.78 is 5.66. The second kappa shape index (κ2) is 11.3. The van der Waals surface area contributed by atoms with Gasteiger partial charge in [-0.1, -0.05) is 41.6 Å². The Morgan fingerprint density at radius 2 is 2.06 bits per heavy atom. The summed E-state index contributed by atoms with van der Waals surface area (Å²) in [4.78, 5) is 24.9. The molecule has 0 spiro atoms. The van der Waals surface area contributed by atoms with Gasteiger partial charge in [0.15, 0.2) is 11.0 Å². The van der Waals surface area contributed by atoms with Crippen LogP contribution in [-0.2, 0) is 22.7 Å². The van der Waals surface area contributed by atoms with Crippen LogP contribution in [0.4, 0.5) is 5.95 Å². The molecule has 1 aliphatic heterocycles. The number of unbranched alkanes of at least 4 members (excludes halogenated alkanes) is 1. The lowest BCUT2D eigenvalue weighted by Crippen LogP contribution is -2.29. The number of nitrogens with two attached hydrogens (primary N) is 1. The van der Waals surface area contributed by atoms with Gasteiger partial charge in [-0.25, -0.2) is 4.98 Å². The van der Waals surface area contributed by atoms with Gasteiger partial charge in [0.05, 0.1) is 37.4 Å². The van der Waals surface area contributed by atoms with Crippen molar-refractivity contribution in [2.24, 2.45) is 0 Å². The van der Waals surface area contributed by atoms with Crippen molar-refractivity contribution in [2.45, 2.75) is 43.7 Å². The van der Waals surface area contributed by atoms with Gasteiger partial charge in [0.1, 0.15) is 0 Å². The molecule has 4 rings (SSSR count). The van der Waals surface area contributed by atoms with E-state index in [2.05, 4.69) is 20.3 Å². The van der Waals surface area contributed by atoms with Gasteiger partial charge in [0.25, 0.3) is 0 Å². The summed E-state index contributed by atoms with van der Waals surface area (Å²) in [6.45, 7) is 1.12. The van der Waals surface area contributed by atoms with Crippen LogP contribution >= 0.6 is 23.4 Å². The molecule has 180 valence electrons. The smallest absolute Gasteiger partial charge is 0.224 e. The van der Waals surface area contributed by atoms with Crippen molar-refractivity contribution in [2.75, 3.05) is 24.6 Å². The molecule has 1 aliphatic rings. The number of benzene rings is 2. The molecule has 9 nitrogen and oxygen atoms in total. The molecule has 2 aromatic carbocycles. The molecule has 1 atom stereocenters. The number of carbonyl (C=O) groups excluding carboxylic acids is 1. The van der Waals surface area contributed by atoms with Crippen molar-refractivity contribution in [1.29, 1.82) is 0 Å². The molecule has 0 radical (unpaired) electrons. The highest BCUT2D eigenvalue weighted by Crippen LogP contribution is 2.39. The van der Waals surface area contributed by atoms with Crippen LogP contribution in [0, 0.1) is 0 Å². The number of anilines is 1. The molecular weight excluding hydrogens is 478 g/mol. The number of carbonyl (C=O) groups is 1. The predicted octanol–water partition coefficient (Wildman–Crippen LogP) is 2.69. The minimum atomic E-state index is -1.02. The van der Waals surface area contributed by atoms with E-state index >= 15 is 0 Å². The quantitative estimate of drug-likeness (QED) is 0.242. The number of aromatic nitrogens is 3. The van der Waals surface area contributed by atoms with Gasteiger partial charge in [-0.15, -0.1) is 0 Å². The summed E-state index contributed by atoms with van der Waals surface area (Å²) in [5, 5.41) is 23.9. The Bertz CT molecular complexity index is 1200. The van der Waals surface area contributed by atoms with Gasteiger partial charge < -0.3 is 26.0 Å². The number of nitrogens with zero attached hydrogens (tertiary/aromatic N) is 3. The lowest BCUT2D eigenvalue weighted by Gasteiger charge is -2.20. The minimum Gasteiger partial charge on any atom is -0.394 e. The number of aliphatic hydroxyl groups excluding tert-OH is 2. The van der Waals surface area contributed by atoms with Crippen LogP contribution < -0.4 is 11.1 Å². The fourth-order valence-electron chi connectivity index (χ4n) is 3.86. The van der Waals surface area contributed by atoms with Crippen molar-refractivity contribution in [3.05, 3.63) is 40.4 Å². The van der Waals surface area contributed by atoms with Crippen LogP contribution in [0.25, 0.3) is 22.2 Å². The van der Waals surface area contributed by atoms with Crippen LogP contribution in [0.5, 0.6) is 0 Å². The highest BCUT2D eigenvalue weighted by atomic mass is 35.5. The van der Waals surface area contributed by atoms with E-state index < -0.39 is 12.7 Å². The Morgan fingerprint density at radius 3 is 2.88 bits per heavy atom. The minimum absolute atomic E-state index is 0.106. The second-order valence-electron chi connectivity index (χ2n) is 7.97. The summed E-state index contributed by atoms with van der Waals surface area (Å²) in [5.74, 6) is 1.01. The molecular formula is C23H26ClN5O4S. The fourth-order valence-corrected chi connectivity index (χ4v) is 5.02. The van der Waals surface area contributed by atoms with E-state index in [4.69, 9.17) is 27.2 Å². The van der Waals surface area contributed by atoms with E-state index in [1.165, 1.54) is 11.8 Å². The number of hydrogen-bond acceptors (Lipinski definition) is 9. The molecule has 11 heteroatoms. The van der Waals surface area contributed by atoms with E-state index in [1.807, 2.05) is 24.3 Å². The summed E-state index contributed by atoms with van der Waals surface area (Å²) >= 11 is 8.12. The first-order valence-corrected chi connectivity index (χ1v) is 12.3. The monoisotopic (exact) mass is 503 g/mol. The van der Waals surface area contributed by atoms with Crippen LogP contribution in [0.2, 0.25) is 5.02 Å². The summed E-state index contributed by atoms with van der Waals surface area (Å²) in [7, 11) is 0. The number of aliphatic hydroxyl groups is 2. The standard InChI is InChI=1S/C23H26ClN5O4S/c24-17-8-14-12-33-11-13-4-3-5-16(19(13)14)20(17)21-27-22(25)29-23(28-21)34-7-2-1-6-26-18(32)9-15(31)10-30/h3-5,8,15,30-31H,1-2,6-7,9-12H2,(H,26,32)(H2,25,27,28,29). The van der Waals surface area contributed by atoms with Gasteiger partial charge in [-0.2, -0.15) is 9.97 Å². The number of nitrogens with one attached hydrogen (secondary N) is 1. The van der Waals surface area contributed by atoms with E-state index in [9.17, 15) is 9.90 Å². The van der Waals surface area contributed by atoms with Gasteiger partial charge in [0.2, 0.25) is 11.9 Å². The Balaban J connectivity index is 1.43. The average Bonchev–Trinajstić information content (AvgIpc) is 2.81. The van der Waals surface area contributed by atoms with Crippen LogP contribution in [0.1, 0.15) is 30.4 Å². The Morgan fingerprint density at radius 1 is 1.24 bits per heavy atom. The number of halogens is 1. The molecule has 0 saturated carbocycles. The van der Waals surface area contributed by atoms with E-state index in [0.717, 1.165) is 46.1 Å². The number of nitrogen functional groups attached to an aromatic ring is 1. The molecule has 1 amide bonds. The second-order valence-corrected chi connectivity index (χ2v) is 9.44. The van der Waals surface area contributed by atoms with Crippen LogP contribution in [0.3, 0.4) is 0 Å². The van der Waals surface area contributed by atoms with E-state index in [-0.39, 0.29) is 18.3 Å². The zero-order valence-electron chi connectivity index (χ0n) is 18.5. The summed E-state index contributed by atoms with van der Waals surface area (Å²) in [6, 6.07) is 7.93. The van der Waals surface area contributed by atoms with Gasteiger partial charge in [-0.05, 0) is 40.8 Å². The molecule has 0 saturated heterocycles. The lowest BCUT2D eigenvalue weighted by molar-refractivity contribution is -0.123. The van der Waals surface area contributed by atoms with Crippen molar-refractivity contribution >= 4 is 46.0 Å². The third kappa shape index (κ3) is 5.76. The first-order chi connectivity index (χ1) is 16.5. The highest BCUT2D eigenvalue weighted by molar-refractivity contribution is 7.99. The van der Waals surface area contributed by atoms with Crippen molar-refractivity contribution in [3.63, 3.8) is 0 Å². The number of amides is 1. The lowest BCUT2D eigenvalue weighted by atomic mass is 9.94. The number of ether oxygens (including phenoxy) is 1. The van der Waals surface area contributed by atoms with Crippen LogP contribution in [-0.4, -0.2) is 56.1 Å². The normalized spacial score (nSPS) is 13.7. The Labute approximate surface area is 206 Å². The molecule has 1 aromatic heterocycles. The van der Waals surface area contributed by atoms with Crippen molar-refractivity contribution in [1.82, 2.24) is 20.3 Å². The summed E-state index contributed by atoms with van der Waals surface area (Å²) in [6.07, 6.45) is 0.439. The van der Waals surface area contributed by atoms with E-state index in [1.54, 1.807) is 0 Å². The topological polar surface area (TPSA) is 143 Å². The molecule has 3 aromatic rings. The fraction of sp³-hybridized carbons (Fsp3) is 0.391. The molecule has 34 heavy (non-hydrogen) atoms. The molecule has 5 N–H and O–H groups in total. The maximum atomic E-state index is 11.6. The third-order valence-corrected chi connectivity index (χ3v) is 6.64. The largest absolute Gasteiger partial charge is 0.394 e. The third-order valence-electron chi connectivity index (χ3n) is 5.41. The van der Waals surface area contributed by atoms with Gasteiger partial charge >= 0.3 is 0 Å². The van der Waals surface area contributed by atoms with Gasteiger partial charge in [0, 0.05) is 17.9 Å². The highest BCUT2D eigenvalue weighted by Gasteiger charge is 2.21. The maximum Gasteiger partial charge on any atom is 0.224 e. The van der Waals surface area contributed by atoms with Crippen LogP contribution in [0.15, 0.2) is 29.4 Å². The zero-order chi connectivity index (χ0) is 24.1. The first kappa shape index (κ1) is 24.6. The molecule has 0 aliphatic carbocycles. The molecule has 0 fully saturated rings.